The highest BCUT2D eigenvalue weighted by Crippen LogP contribution is 2.67. The first-order valence-electron chi connectivity index (χ1n) is 6.26. The van der Waals surface area contributed by atoms with Crippen LogP contribution in [0.2, 0.25) is 0 Å². The van der Waals surface area contributed by atoms with Crippen molar-refractivity contribution in [2.45, 2.75) is 52.1 Å². The Morgan fingerprint density at radius 2 is 1.87 bits per heavy atom. The van der Waals surface area contributed by atoms with Gasteiger partial charge in [0.25, 0.3) is 0 Å². The van der Waals surface area contributed by atoms with Crippen LogP contribution in [-0.2, 0) is 0 Å². The van der Waals surface area contributed by atoms with Crippen molar-refractivity contribution in [3.63, 3.8) is 0 Å². The molecular formula is C14H22O. The van der Waals surface area contributed by atoms with E-state index in [1.165, 1.54) is 12.8 Å². The van der Waals surface area contributed by atoms with Crippen molar-refractivity contribution >= 4 is 0 Å². The largest absolute Gasteiger partial charge is 0.385 e. The fourth-order valence-electron chi connectivity index (χ4n) is 4.70. The van der Waals surface area contributed by atoms with E-state index < -0.39 is 5.60 Å². The monoisotopic (exact) mass is 206 g/mol. The summed E-state index contributed by atoms with van der Waals surface area (Å²) in [5, 5.41) is 10.7. The highest BCUT2D eigenvalue weighted by Gasteiger charge is 2.64. The van der Waals surface area contributed by atoms with Crippen LogP contribution in [0.1, 0.15) is 46.5 Å². The minimum absolute atomic E-state index is 0.144. The number of hydrogen-bond acceptors (Lipinski definition) is 1. The Labute approximate surface area is 92.6 Å². The Hall–Kier alpha value is -0.300. The summed E-state index contributed by atoms with van der Waals surface area (Å²) < 4.78 is 0. The third-order valence-corrected chi connectivity index (χ3v) is 5.47. The lowest BCUT2D eigenvalue weighted by molar-refractivity contribution is -0.0209. The minimum Gasteiger partial charge on any atom is -0.385 e. The SMILES string of the molecule is CC1(C)C[C@@H]2C[C@@]3(O)C=CC[C@@]3(C)[C@@H]2C1. The van der Waals surface area contributed by atoms with Gasteiger partial charge >= 0.3 is 0 Å². The molecule has 0 heterocycles. The van der Waals surface area contributed by atoms with Gasteiger partial charge in [0.1, 0.15) is 0 Å². The number of aliphatic hydroxyl groups is 1. The Bertz CT molecular complexity index is 330. The summed E-state index contributed by atoms with van der Waals surface area (Å²) in [5.74, 6) is 1.51. The molecule has 0 saturated heterocycles. The van der Waals surface area contributed by atoms with Crippen molar-refractivity contribution < 1.29 is 5.11 Å². The zero-order chi connectivity index (χ0) is 10.9. The topological polar surface area (TPSA) is 20.2 Å². The van der Waals surface area contributed by atoms with Crippen molar-refractivity contribution in [2.24, 2.45) is 22.7 Å². The number of fused-ring (bicyclic) bond motifs is 3. The van der Waals surface area contributed by atoms with E-state index in [0.717, 1.165) is 24.7 Å². The molecule has 3 rings (SSSR count). The van der Waals surface area contributed by atoms with E-state index in [0.29, 0.717) is 5.41 Å². The predicted molar refractivity (Wildman–Crippen MR) is 61.4 cm³/mol. The van der Waals surface area contributed by atoms with Crippen molar-refractivity contribution in [3.8, 4) is 0 Å². The van der Waals surface area contributed by atoms with Gasteiger partial charge in [-0.05, 0) is 42.9 Å². The summed E-state index contributed by atoms with van der Waals surface area (Å²) in [6.45, 7) is 7.07. The maximum Gasteiger partial charge on any atom is 0.0889 e. The molecule has 0 unspecified atom stereocenters. The second-order valence-corrected chi connectivity index (χ2v) is 7.09. The highest BCUT2D eigenvalue weighted by atomic mass is 16.3. The van der Waals surface area contributed by atoms with Crippen LogP contribution >= 0.6 is 0 Å². The highest BCUT2D eigenvalue weighted by molar-refractivity contribution is 5.26. The lowest BCUT2D eigenvalue weighted by Gasteiger charge is -2.38. The third-order valence-electron chi connectivity index (χ3n) is 5.47. The molecule has 1 N–H and O–H groups in total. The van der Waals surface area contributed by atoms with E-state index in [4.69, 9.17) is 0 Å². The van der Waals surface area contributed by atoms with Gasteiger partial charge in [-0.2, -0.15) is 0 Å². The first kappa shape index (κ1) is 9.89. The van der Waals surface area contributed by atoms with Crippen molar-refractivity contribution in [3.05, 3.63) is 12.2 Å². The second kappa shape index (κ2) is 2.51. The van der Waals surface area contributed by atoms with Crippen LogP contribution in [-0.4, -0.2) is 10.7 Å². The van der Waals surface area contributed by atoms with Gasteiger partial charge in [0.05, 0.1) is 5.60 Å². The molecule has 3 aliphatic rings. The fourth-order valence-corrected chi connectivity index (χ4v) is 4.70. The average molecular weight is 206 g/mol. The molecule has 0 radical (unpaired) electrons. The lowest BCUT2D eigenvalue weighted by atomic mass is 9.70. The second-order valence-electron chi connectivity index (χ2n) is 7.09. The Balaban J connectivity index is 1.97. The zero-order valence-electron chi connectivity index (χ0n) is 10.1. The maximum absolute atomic E-state index is 10.7. The lowest BCUT2D eigenvalue weighted by Crippen LogP contribution is -2.40. The Kier molecular flexibility index (Phi) is 1.65. The third kappa shape index (κ3) is 1.08. The molecule has 84 valence electrons. The smallest absolute Gasteiger partial charge is 0.0889 e. The molecule has 1 nitrogen and oxygen atoms in total. The average Bonchev–Trinajstić information content (AvgIpc) is 2.58. The van der Waals surface area contributed by atoms with Gasteiger partial charge in [0, 0.05) is 5.41 Å². The van der Waals surface area contributed by atoms with Gasteiger partial charge < -0.3 is 5.11 Å². The molecule has 0 aliphatic heterocycles. The standard InChI is InChI=1S/C14H22O/c1-12(2)7-10-8-14(15)6-4-5-13(14,3)11(10)9-12/h4,6,10-11,15H,5,7-9H2,1-3H3/t10-,11-,13+,14+/m1/s1. The van der Waals surface area contributed by atoms with E-state index in [2.05, 4.69) is 32.9 Å². The van der Waals surface area contributed by atoms with Crippen LogP contribution in [0.15, 0.2) is 12.2 Å². The molecule has 0 aromatic heterocycles. The van der Waals surface area contributed by atoms with E-state index in [9.17, 15) is 5.11 Å². The van der Waals surface area contributed by atoms with Gasteiger partial charge in [0.15, 0.2) is 0 Å². The van der Waals surface area contributed by atoms with Gasteiger partial charge in [-0.1, -0.05) is 32.9 Å². The van der Waals surface area contributed by atoms with Crippen LogP contribution in [0.25, 0.3) is 0 Å². The molecule has 0 amide bonds. The molecule has 4 atom stereocenters. The van der Waals surface area contributed by atoms with Crippen LogP contribution in [0.3, 0.4) is 0 Å². The van der Waals surface area contributed by atoms with Gasteiger partial charge in [-0.15, -0.1) is 0 Å². The molecule has 0 aromatic carbocycles. The van der Waals surface area contributed by atoms with Crippen molar-refractivity contribution in [1.29, 1.82) is 0 Å². The van der Waals surface area contributed by atoms with Crippen LogP contribution in [0, 0.1) is 22.7 Å². The Morgan fingerprint density at radius 3 is 2.60 bits per heavy atom. The molecule has 0 bridgehead atoms. The van der Waals surface area contributed by atoms with Gasteiger partial charge in [0.2, 0.25) is 0 Å². The molecule has 15 heavy (non-hydrogen) atoms. The first-order valence-corrected chi connectivity index (χ1v) is 6.26. The molecule has 2 saturated carbocycles. The summed E-state index contributed by atoms with van der Waals surface area (Å²) in [5.41, 5.74) is 0.173. The summed E-state index contributed by atoms with van der Waals surface area (Å²) in [4.78, 5) is 0. The number of allylic oxidation sites excluding steroid dienone is 1. The normalized spacial score (nSPS) is 55.7. The predicted octanol–water partition coefficient (Wildman–Crippen LogP) is 3.14. The van der Waals surface area contributed by atoms with E-state index in [1.54, 1.807) is 0 Å². The summed E-state index contributed by atoms with van der Waals surface area (Å²) >= 11 is 0. The van der Waals surface area contributed by atoms with Crippen LogP contribution in [0.5, 0.6) is 0 Å². The number of rotatable bonds is 0. The molecule has 1 heteroatoms. The van der Waals surface area contributed by atoms with E-state index >= 15 is 0 Å². The molecule has 0 aromatic rings. The summed E-state index contributed by atoms with van der Waals surface area (Å²) in [6.07, 6.45) is 8.98. The Morgan fingerprint density at radius 1 is 1.13 bits per heavy atom. The van der Waals surface area contributed by atoms with Crippen LogP contribution in [0.4, 0.5) is 0 Å². The summed E-state index contributed by atoms with van der Waals surface area (Å²) in [7, 11) is 0. The van der Waals surface area contributed by atoms with Crippen molar-refractivity contribution in [1.82, 2.24) is 0 Å². The molecule has 2 fully saturated rings. The van der Waals surface area contributed by atoms with Gasteiger partial charge in [-0.3, -0.25) is 0 Å². The molecule has 3 aliphatic carbocycles. The van der Waals surface area contributed by atoms with Crippen molar-refractivity contribution in [2.75, 3.05) is 0 Å². The molecule has 0 spiro atoms. The maximum atomic E-state index is 10.7. The van der Waals surface area contributed by atoms with E-state index in [1.807, 2.05) is 0 Å². The quantitative estimate of drug-likeness (QED) is 0.604. The van der Waals surface area contributed by atoms with E-state index in [-0.39, 0.29) is 5.41 Å². The first-order chi connectivity index (χ1) is 6.86. The van der Waals surface area contributed by atoms with Gasteiger partial charge in [-0.25, -0.2) is 0 Å². The van der Waals surface area contributed by atoms with Crippen LogP contribution < -0.4 is 0 Å². The zero-order valence-corrected chi connectivity index (χ0v) is 10.1. The minimum atomic E-state index is -0.473. The molecular weight excluding hydrogens is 184 g/mol. The summed E-state index contributed by atoms with van der Waals surface area (Å²) in [6, 6.07) is 0. The number of hydrogen-bond donors (Lipinski definition) is 1. The fraction of sp³-hybridized carbons (Fsp3) is 0.857.